The van der Waals surface area contributed by atoms with E-state index in [2.05, 4.69) is 62.5 Å². The highest BCUT2D eigenvalue weighted by molar-refractivity contribution is 7.45. The number of hydrogen-bond donors (Lipinski definition) is 0. The summed E-state index contributed by atoms with van der Waals surface area (Å²) >= 11 is 0. The highest BCUT2D eigenvalue weighted by Crippen LogP contribution is 2.38. The molecule has 63 heavy (non-hydrogen) atoms. The Kier molecular flexibility index (Phi) is 37.2. The van der Waals surface area contributed by atoms with Gasteiger partial charge < -0.3 is 32.6 Å². The van der Waals surface area contributed by atoms with E-state index in [0.717, 1.165) is 57.8 Å². The molecule has 1 aliphatic rings. The third-order valence-electron chi connectivity index (χ3n) is 11.0. The molecule has 0 radical (unpaired) electrons. The van der Waals surface area contributed by atoms with Crippen LogP contribution in [0, 0.1) is 0 Å². The lowest BCUT2D eigenvalue weighted by Gasteiger charge is -2.28. The zero-order valence-electron chi connectivity index (χ0n) is 40.7. The number of hydrogen-bond acceptors (Lipinski definition) is 9. The number of unbranched alkanes of at least 4 members (excludes halogenated alkanes) is 18. The van der Waals surface area contributed by atoms with E-state index in [1.807, 2.05) is 33.3 Å². The Bertz CT molecular complexity index is 1320. The van der Waals surface area contributed by atoms with Gasteiger partial charge in [-0.05, 0) is 51.4 Å². The van der Waals surface area contributed by atoms with Crippen molar-refractivity contribution in [2.24, 2.45) is 0 Å². The predicted molar refractivity (Wildman–Crippen MR) is 258 cm³/mol. The van der Waals surface area contributed by atoms with E-state index in [1.54, 1.807) is 0 Å². The lowest BCUT2D eigenvalue weighted by molar-refractivity contribution is -0.870. The molecule has 1 saturated heterocycles. The highest BCUT2D eigenvalue weighted by Gasteiger charge is 2.36. The molecule has 0 aromatic rings. The van der Waals surface area contributed by atoms with Crippen LogP contribution in [0.5, 0.6) is 0 Å². The van der Waals surface area contributed by atoms with Crippen molar-refractivity contribution in [3.05, 3.63) is 60.8 Å². The van der Waals surface area contributed by atoms with Crippen molar-refractivity contribution < 1.29 is 46.8 Å². The molecule has 364 valence electrons. The maximum absolute atomic E-state index is 12.7. The smallest absolute Gasteiger partial charge is 0.306 e. The molecule has 1 fully saturated rings. The number of esters is 2. The average Bonchev–Trinajstić information content (AvgIpc) is 3.99. The van der Waals surface area contributed by atoms with Gasteiger partial charge in [-0.25, -0.2) is 0 Å². The number of allylic oxidation sites excluding steroid dienone is 8. The van der Waals surface area contributed by atoms with E-state index in [0.29, 0.717) is 36.1 Å². The Morgan fingerprint density at radius 2 is 1.05 bits per heavy atom. The van der Waals surface area contributed by atoms with Crippen molar-refractivity contribution in [2.75, 3.05) is 47.5 Å². The van der Waals surface area contributed by atoms with Crippen LogP contribution in [0.3, 0.4) is 0 Å². The lowest BCUT2D eigenvalue weighted by Crippen LogP contribution is -2.37. The molecule has 0 amide bonds. The van der Waals surface area contributed by atoms with Crippen LogP contribution in [0.15, 0.2) is 60.8 Å². The van der Waals surface area contributed by atoms with Crippen LogP contribution in [-0.4, -0.2) is 82.2 Å². The Balaban J connectivity index is 2.26. The van der Waals surface area contributed by atoms with Crippen LogP contribution >= 0.6 is 7.82 Å². The van der Waals surface area contributed by atoms with Gasteiger partial charge in [-0.2, -0.15) is 0 Å². The summed E-state index contributed by atoms with van der Waals surface area (Å²) in [4.78, 5) is 37.7. The van der Waals surface area contributed by atoms with Gasteiger partial charge in [0.15, 0.2) is 6.10 Å². The zero-order valence-corrected chi connectivity index (χ0v) is 41.6. The van der Waals surface area contributed by atoms with E-state index < -0.39 is 32.5 Å². The van der Waals surface area contributed by atoms with Crippen LogP contribution in [0.1, 0.15) is 194 Å². The fraction of sp³-hybridized carbons (Fsp3) is 0.769. The summed E-state index contributed by atoms with van der Waals surface area (Å²) in [5.74, 6) is -0.933. The number of epoxide rings is 1. The van der Waals surface area contributed by atoms with Crippen LogP contribution in [0.4, 0.5) is 0 Å². The molecule has 0 aromatic heterocycles. The molecular weight excluding hydrogens is 814 g/mol. The topological polar surface area (TPSA) is 124 Å². The van der Waals surface area contributed by atoms with Crippen molar-refractivity contribution in [3.8, 4) is 0 Å². The van der Waals surface area contributed by atoms with Gasteiger partial charge in [-0.15, -0.1) is 0 Å². The quantitative estimate of drug-likeness (QED) is 0.0147. The van der Waals surface area contributed by atoms with Crippen molar-refractivity contribution in [1.29, 1.82) is 0 Å². The lowest BCUT2D eigenvalue weighted by atomic mass is 10.0. The first-order valence-corrected chi connectivity index (χ1v) is 26.6. The largest absolute Gasteiger partial charge is 0.756 e. The van der Waals surface area contributed by atoms with Crippen molar-refractivity contribution in [1.82, 2.24) is 0 Å². The minimum absolute atomic E-state index is 0.0449. The second-order valence-electron chi connectivity index (χ2n) is 18.2. The molecule has 0 aromatic carbocycles. The van der Waals surface area contributed by atoms with Crippen molar-refractivity contribution in [2.45, 2.75) is 212 Å². The number of likely N-dealkylation sites (N-methyl/N-ethyl adjacent to an activating group) is 1. The number of rotatable bonds is 44. The molecule has 0 spiro atoms. The number of ether oxygens (including phenoxy) is 3. The number of phosphoric acid groups is 1. The van der Waals surface area contributed by atoms with E-state index in [9.17, 15) is 19.0 Å². The second kappa shape index (κ2) is 40.0. The molecule has 1 aliphatic heterocycles. The Labute approximate surface area is 385 Å². The molecule has 1 heterocycles. The molecule has 11 heteroatoms. The second-order valence-corrected chi connectivity index (χ2v) is 19.6. The molecule has 1 rings (SSSR count). The van der Waals surface area contributed by atoms with E-state index in [4.69, 9.17) is 23.3 Å². The zero-order chi connectivity index (χ0) is 46.1. The van der Waals surface area contributed by atoms with Gasteiger partial charge in [-0.3, -0.25) is 14.2 Å². The van der Waals surface area contributed by atoms with Gasteiger partial charge in [0.05, 0.1) is 40.0 Å². The van der Waals surface area contributed by atoms with Crippen molar-refractivity contribution >= 4 is 19.8 Å². The number of nitrogens with zero attached hydrogens (tertiary/aromatic N) is 1. The van der Waals surface area contributed by atoms with E-state index in [1.165, 1.54) is 96.3 Å². The van der Waals surface area contributed by atoms with E-state index in [-0.39, 0.29) is 26.1 Å². The van der Waals surface area contributed by atoms with Gasteiger partial charge in [0.1, 0.15) is 19.8 Å². The standard InChI is InChI=1S/C52H92NO9P/c1-6-8-10-11-12-13-14-15-16-17-18-19-20-21-26-29-32-35-39-43-52(55)61-48(47-60-63(56,57)59-45-44-53(3,4)5)46-58-51(54)42-38-34-31-28-25-23-22-24-27-30-33-37-41-50-49(62-50)40-36-9-7-2/h9,23-25,27,31,33-34,36-37,48-50H,6-8,10-22,26,28-30,32,35,38-47H2,1-5H3/b25-23-,27-24-,34-31-,36-9-,37-33-/t48-,49?,50?/m1/s1. The van der Waals surface area contributed by atoms with Gasteiger partial charge in [0, 0.05) is 12.8 Å². The Morgan fingerprint density at radius 3 is 1.54 bits per heavy atom. The molecule has 3 unspecified atom stereocenters. The number of phosphoric ester groups is 1. The first-order valence-electron chi connectivity index (χ1n) is 25.1. The maximum Gasteiger partial charge on any atom is 0.306 e. The summed E-state index contributed by atoms with van der Waals surface area (Å²) in [6, 6.07) is 0. The number of carbonyl (C=O) groups is 2. The van der Waals surface area contributed by atoms with Crippen molar-refractivity contribution in [3.63, 3.8) is 0 Å². The summed E-state index contributed by atoms with van der Waals surface area (Å²) in [5.41, 5.74) is 0. The fourth-order valence-electron chi connectivity index (χ4n) is 6.96. The fourth-order valence-corrected chi connectivity index (χ4v) is 7.69. The van der Waals surface area contributed by atoms with Gasteiger partial charge in [-0.1, -0.05) is 190 Å². The molecular formula is C52H92NO9P. The number of carbonyl (C=O) groups excluding carboxylic acids is 2. The molecule has 0 saturated carbocycles. The third kappa shape index (κ3) is 40.9. The molecule has 0 bridgehead atoms. The minimum atomic E-state index is -4.65. The minimum Gasteiger partial charge on any atom is -0.756 e. The monoisotopic (exact) mass is 906 g/mol. The maximum atomic E-state index is 12.7. The predicted octanol–water partition coefficient (Wildman–Crippen LogP) is 13.2. The van der Waals surface area contributed by atoms with Crippen LogP contribution in [0.25, 0.3) is 0 Å². The average molecular weight is 906 g/mol. The summed E-state index contributed by atoms with van der Waals surface area (Å²) in [7, 11) is 1.12. The summed E-state index contributed by atoms with van der Waals surface area (Å²) in [6.45, 7) is 4.04. The first-order chi connectivity index (χ1) is 30.5. The molecule has 0 N–H and O–H groups in total. The van der Waals surface area contributed by atoms with Gasteiger partial charge in [0.2, 0.25) is 0 Å². The van der Waals surface area contributed by atoms with Crippen LogP contribution in [-0.2, 0) is 37.4 Å². The Morgan fingerprint density at radius 1 is 0.587 bits per heavy atom. The third-order valence-corrected chi connectivity index (χ3v) is 11.9. The summed E-state index contributed by atoms with van der Waals surface area (Å²) in [5, 5.41) is 0. The summed E-state index contributed by atoms with van der Waals surface area (Å²) < 4.78 is 39.6. The molecule has 4 atom stereocenters. The van der Waals surface area contributed by atoms with E-state index >= 15 is 0 Å². The molecule has 10 nitrogen and oxygen atoms in total. The van der Waals surface area contributed by atoms with Gasteiger partial charge in [0.25, 0.3) is 7.82 Å². The highest BCUT2D eigenvalue weighted by atomic mass is 31.2. The Hall–Kier alpha value is -2.33. The van der Waals surface area contributed by atoms with Crippen LogP contribution < -0.4 is 4.89 Å². The summed E-state index contributed by atoms with van der Waals surface area (Å²) in [6.07, 6.45) is 51.6. The van der Waals surface area contributed by atoms with Gasteiger partial charge >= 0.3 is 11.9 Å². The number of quaternary nitrogens is 1. The van der Waals surface area contributed by atoms with Crippen LogP contribution in [0.2, 0.25) is 0 Å². The molecule has 0 aliphatic carbocycles. The normalized spacial score (nSPS) is 17.2. The SMILES string of the molecule is CC/C=C\CC1OC1C/C=C\C/C=C\C/C=C\C/C=C\CCC(=O)OC[C@H](COP(=O)([O-])OCC[N+](C)(C)C)OC(=O)CCCCCCCCCCCCCCCCCCCCC. The first kappa shape index (κ1) is 58.7.